The molecule has 53 heavy (non-hydrogen) atoms. The van der Waals surface area contributed by atoms with Crippen molar-refractivity contribution in [3.8, 4) is 5.75 Å². The van der Waals surface area contributed by atoms with Crippen molar-refractivity contribution in [1.82, 2.24) is 0 Å². The van der Waals surface area contributed by atoms with Crippen LogP contribution in [0.15, 0.2) is 80.8 Å². The van der Waals surface area contributed by atoms with E-state index in [0.717, 1.165) is 53.7 Å². The Hall–Kier alpha value is -5.53. The second kappa shape index (κ2) is 16.4. The molecule has 0 aliphatic rings. The first-order chi connectivity index (χ1) is 25.3. The van der Waals surface area contributed by atoms with Crippen molar-refractivity contribution in [3.63, 3.8) is 0 Å². The third-order valence-corrected chi connectivity index (χ3v) is 9.25. The maximum atomic E-state index is 14.3. The van der Waals surface area contributed by atoms with E-state index in [1.807, 2.05) is 49.4 Å². The molecule has 0 aliphatic heterocycles. The van der Waals surface area contributed by atoms with Gasteiger partial charge in [0.05, 0.1) is 11.1 Å². The molecule has 0 amide bonds. The summed E-state index contributed by atoms with van der Waals surface area (Å²) in [4.78, 5) is 25.6. The van der Waals surface area contributed by atoms with Crippen molar-refractivity contribution in [2.45, 2.75) is 44.9 Å². The average Bonchev–Trinajstić information content (AvgIpc) is 3.13. The lowest BCUT2D eigenvalue weighted by Gasteiger charge is -2.24. The monoisotopic (exact) mass is 749 g/mol. The van der Waals surface area contributed by atoms with Crippen LogP contribution >= 0.6 is 0 Å². The standard InChI is InChI=1S/C40H35F4NO7S/c1-4-21-45(22-5-2)28-18-20-30-29(6-3)31(40(47)51-32(30)23-28)19-15-25-10-7-24(8-11-25)9-12-26-13-16-27(17-14-26)39(46)52-37-33(41)35(43)38(53(48,49)50)36(44)34(37)42/h7-20,23H,4-6,21-22H2,1-3H3,(H,48,49,50)/b12-9+,19-15+. The van der Waals surface area contributed by atoms with Crippen LogP contribution in [0.4, 0.5) is 23.2 Å². The molecular formula is C40H35F4NO7S. The van der Waals surface area contributed by atoms with E-state index in [1.165, 1.54) is 24.3 Å². The van der Waals surface area contributed by atoms with E-state index in [2.05, 4.69) is 29.6 Å². The number of carbonyl (C=O) groups is 1. The predicted molar refractivity (Wildman–Crippen MR) is 196 cm³/mol. The molecule has 1 aromatic heterocycles. The van der Waals surface area contributed by atoms with E-state index >= 15 is 0 Å². The van der Waals surface area contributed by atoms with E-state index in [1.54, 1.807) is 18.2 Å². The van der Waals surface area contributed by atoms with Crippen molar-refractivity contribution in [2.24, 2.45) is 0 Å². The molecule has 5 rings (SSSR count). The summed E-state index contributed by atoms with van der Waals surface area (Å²) < 4.78 is 98.1. The highest BCUT2D eigenvalue weighted by molar-refractivity contribution is 7.85. The Balaban J connectivity index is 1.27. The molecule has 0 spiro atoms. The van der Waals surface area contributed by atoms with Gasteiger partial charge in [0.2, 0.25) is 17.4 Å². The zero-order chi connectivity index (χ0) is 38.4. The molecular weight excluding hydrogens is 714 g/mol. The minimum atomic E-state index is -5.66. The maximum absolute atomic E-state index is 14.3. The summed E-state index contributed by atoms with van der Waals surface area (Å²) in [5.74, 6) is -12.7. The number of anilines is 1. The van der Waals surface area contributed by atoms with E-state index in [4.69, 9.17) is 8.97 Å². The summed E-state index contributed by atoms with van der Waals surface area (Å²) in [6.07, 6.45) is 9.78. The number of esters is 1. The molecule has 4 aromatic carbocycles. The fourth-order valence-corrected chi connectivity index (χ4v) is 6.44. The van der Waals surface area contributed by atoms with E-state index in [9.17, 15) is 35.6 Å². The summed E-state index contributed by atoms with van der Waals surface area (Å²) in [5.41, 5.74) is 4.63. The molecule has 0 aliphatic carbocycles. The smallest absolute Gasteiger partial charge is 0.343 e. The number of halogens is 4. The largest absolute Gasteiger partial charge is 0.422 e. The van der Waals surface area contributed by atoms with Crippen LogP contribution in [0, 0.1) is 23.3 Å². The van der Waals surface area contributed by atoms with Crippen LogP contribution in [0.5, 0.6) is 5.75 Å². The molecule has 0 saturated carbocycles. The molecule has 0 saturated heterocycles. The first-order valence-electron chi connectivity index (χ1n) is 16.7. The minimum Gasteiger partial charge on any atom is -0.422 e. The average molecular weight is 750 g/mol. The summed E-state index contributed by atoms with van der Waals surface area (Å²) in [6.45, 7) is 8.10. The van der Waals surface area contributed by atoms with Gasteiger partial charge in [0.1, 0.15) is 5.58 Å². The number of aryl methyl sites for hydroxylation is 1. The summed E-state index contributed by atoms with van der Waals surface area (Å²) >= 11 is 0. The molecule has 0 atom stereocenters. The van der Waals surface area contributed by atoms with Gasteiger partial charge in [0.15, 0.2) is 16.5 Å². The Kier molecular flexibility index (Phi) is 12.0. The number of carbonyl (C=O) groups excluding carboxylic acids is 1. The predicted octanol–water partition coefficient (Wildman–Crippen LogP) is 9.34. The Morgan fingerprint density at radius 2 is 1.28 bits per heavy atom. The lowest BCUT2D eigenvalue weighted by molar-refractivity contribution is 0.0716. The third kappa shape index (κ3) is 8.58. The molecule has 1 heterocycles. The number of benzene rings is 4. The first-order valence-corrected chi connectivity index (χ1v) is 18.2. The van der Waals surface area contributed by atoms with Crippen molar-refractivity contribution in [3.05, 3.63) is 134 Å². The van der Waals surface area contributed by atoms with Gasteiger partial charge in [0.25, 0.3) is 0 Å². The topological polar surface area (TPSA) is 114 Å². The van der Waals surface area contributed by atoms with Gasteiger partial charge in [-0.3, -0.25) is 4.55 Å². The highest BCUT2D eigenvalue weighted by Gasteiger charge is 2.34. The Bertz CT molecular complexity index is 2350. The second-order valence-electron chi connectivity index (χ2n) is 12.0. The zero-order valence-electron chi connectivity index (χ0n) is 29.0. The zero-order valence-corrected chi connectivity index (χ0v) is 29.8. The van der Waals surface area contributed by atoms with Gasteiger partial charge in [-0.1, -0.05) is 75.4 Å². The summed E-state index contributed by atoms with van der Waals surface area (Å²) in [7, 11) is -5.66. The van der Waals surface area contributed by atoms with Gasteiger partial charge < -0.3 is 14.1 Å². The quantitative estimate of drug-likeness (QED) is 0.0241. The van der Waals surface area contributed by atoms with Gasteiger partial charge >= 0.3 is 21.7 Å². The van der Waals surface area contributed by atoms with E-state index in [-0.39, 0.29) is 5.56 Å². The normalized spacial score (nSPS) is 11.9. The number of hydrogen-bond donors (Lipinski definition) is 1. The number of hydrogen-bond acceptors (Lipinski definition) is 7. The van der Waals surface area contributed by atoms with Crippen LogP contribution < -0.4 is 15.3 Å². The molecule has 1 N–H and O–H groups in total. The SMILES string of the molecule is CCCN(CCC)c1ccc2c(CC)c(/C=C/c3ccc(/C=C/c4ccc(C(=O)Oc5c(F)c(F)c(S(=O)(=O)O)c(F)c5F)cc4)cc3)c(=O)oc2c1. The lowest BCUT2D eigenvalue weighted by atomic mass is 10.0. The number of rotatable bonds is 13. The summed E-state index contributed by atoms with van der Waals surface area (Å²) in [6, 6.07) is 19.0. The van der Waals surface area contributed by atoms with Gasteiger partial charge in [0, 0.05) is 30.2 Å². The molecule has 13 heteroatoms. The van der Waals surface area contributed by atoms with Gasteiger partial charge in [-0.15, -0.1) is 0 Å². The minimum absolute atomic E-state index is 0.237. The van der Waals surface area contributed by atoms with Gasteiger partial charge in [-0.2, -0.15) is 17.2 Å². The van der Waals surface area contributed by atoms with Crippen LogP contribution in [0.25, 0.3) is 35.3 Å². The first kappa shape index (κ1) is 38.7. The molecule has 276 valence electrons. The molecule has 0 unspecified atom stereocenters. The lowest BCUT2D eigenvalue weighted by Crippen LogP contribution is -2.24. The van der Waals surface area contributed by atoms with E-state index < -0.39 is 55.6 Å². The number of ether oxygens (including phenoxy) is 1. The van der Waals surface area contributed by atoms with Crippen molar-refractivity contribution < 1.29 is 44.5 Å². The molecule has 5 aromatic rings. The molecule has 0 radical (unpaired) electrons. The van der Waals surface area contributed by atoms with Gasteiger partial charge in [-0.25, -0.2) is 18.4 Å². The van der Waals surface area contributed by atoms with Crippen LogP contribution in [0.1, 0.15) is 71.8 Å². The Labute approximate surface area is 303 Å². The highest BCUT2D eigenvalue weighted by Crippen LogP contribution is 2.33. The van der Waals surface area contributed by atoms with Crippen LogP contribution in [-0.4, -0.2) is 32.0 Å². The summed E-state index contributed by atoms with van der Waals surface area (Å²) in [5, 5.41) is 0.899. The van der Waals surface area contributed by atoms with E-state index in [0.29, 0.717) is 23.1 Å². The molecule has 8 nitrogen and oxygen atoms in total. The van der Waals surface area contributed by atoms with Crippen LogP contribution in [0.3, 0.4) is 0 Å². The number of fused-ring (bicyclic) bond motifs is 1. The Morgan fingerprint density at radius 1 is 0.774 bits per heavy atom. The van der Waals surface area contributed by atoms with Crippen molar-refractivity contribution in [2.75, 3.05) is 18.0 Å². The number of nitrogens with zero attached hydrogens (tertiary/aromatic N) is 1. The van der Waals surface area contributed by atoms with Crippen molar-refractivity contribution >= 4 is 57.0 Å². The second-order valence-corrected chi connectivity index (χ2v) is 13.4. The van der Waals surface area contributed by atoms with Crippen LogP contribution in [-0.2, 0) is 16.5 Å². The van der Waals surface area contributed by atoms with Gasteiger partial charge in [-0.05, 0) is 71.9 Å². The molecule has 0 fully saturated rings. The third-order valence-electron chi connectivity index (χ3n) is 8.37. The fourth-order valence-electron chi connectivity index (χ4n) is 5.80. The molecule has 0 bridgehead atoms. The fraction of sp³-hybridized carbons (Fsp3) is 0.200. The Morgan fingerprint density at radius 3 is 1.77 bits per heavy atom. The van der Waals surface area contributed by atoms with Crippen LogP contribution in [0.2, 0.25) is 0 Å². The highest BCUT2D eigenvalue weighted by atomic mass is 32.2. The maximum Gasteiger partial charge on any atom is 0.343 e. The van der Waals surface area contributed by atoms with Crippen molar-refractivity contribution in [1.29, 1.82) is 0 Å².